The van der Waals surface area contributed by atoms with Gasteiger partial charge in [-0.2, -0.15) is 5.10 Å². The molecule has 1 atom stereocenters. The number of aliphatic hydroxyl groups excluding tert-OH is 2. The number of nitrogens with zero attached hydrogens (tertiary/aromatic N) is 3. The average molecular weight is 369 g/mol. The van der Waals surface area contributed by atoms with Crippen molar-refractivity contribution in [1.82, 2.24) is 14.7 Å². The van der Waals surface area contributed by atoms with Gasteiger partial charge in [0.25, 0.3) is 0 Å². The summed E-state index contributed by atoms with van der Waals surface area (Å²) in [6.45, 7) is 2.57. The first-order valence-corrected chi connectivity index (χ1v) is 8.85. The SMILES string of the molecule is Cc1cccc(-n2cc(CN(C)CC(O)CO)c(-c3cccc(F)c3)n2)c1. The van der Waals surface area contributed by atoms with Crippen LogP contribution in [0, 0.1) is 12.7 Å². The normalized spacial score (nSPS) is 12.5. The van der Waals surface area contributed by atoms with Gasteiger partial charge in [-0.3, -0.25) is 4.90 Å². The van der Waals surface area contributed by atoms with Gasteiger partial charge >= 0.3 is 0 Å². The van der Waals surface area contributed by atoms with E-state index in [1.165, 1.54) is 12.1 Å². The monoisotopic (exact) mass is 369 g/mol. The second kappa shape index (κ2) is 8.43. The van der Waals surface area contributed by atoms with Crippen LogP contribution < -0.4 is 0 Å². The summed E-state index contributed by atoms with van der Waals surface area (Å²) < 4.78 is 15.5. The number of aromatic nitrogens is 2. The Labute approximate surface area is 158 Å². The molecule has 0 spiro atoms. The summed E-state index contributed by atoms with van der Waals surface area (Å²) >= 11 is 0. The summed E-state index contributed by atoms with van der Waals surface area (Å²) in [5.74, 6) is -0.312. The van der Waals surface area contributed by atoms with Crippen molar-refractivity contribution in [2.45, 2.75) is 19.6 Å². The van der Waals surface area contributed by atoms with Crippen LogP contribution in [-0.4, -0.2) is 51.2 Å². The van der Waals surface area contributed by atoms with E-state index in [-0.39, 0.29) is 12.4 Å². The smallest absolute Gasteiger partial charge is 0.123 e. The molecule has 0 radical (unpaired) electrons. The van der Waals surface area contributed by atoms with E-state index in [0.717, 1.165) is 16.8 Å². The van der Waals surface area contributed by atoms with Crippen LogP contribution >= 0.6 is 0 Å². The van der Waals surface area contributed by atoms with Crippen molar-refractivity contribution in [1.29, 1.82) is 0 Å². The van der Waals surface area contributed by atoms with Crippen LogP contribution in [0.4, 0.5) is 4.39 Å². The molecule has 0 bridgehead atoms. The number of aliphatic hydroxyl groups is 2. The van der Waals surface area contributed by atoms with Crippen LogP contribution in [0.2, 0.25) is 0 Å². The van der Waals surface area contributed by atoms with Gasteiger partial charge in [-0.15, -0.1) is 0 Å². The quantitative estimate of drug-likeness (QED) is 0.672. The third kappa shape index (κ3) is 4.80. The maximum absolute atomic E-state index is 13.7. The predicted molar refractivity (Wildman–Crippen MR) is 103 cm³/mol. The molecule has 0 aliphatic carbocycles. The van der Waals surface area contributed by atoms with Gasteiger partial charge < -0.3 is 10.2 Å². The van der Waals surface area contributed by atoms with Crippen molar-refractivity contribution >= 4 is 0 Å². The summed E-state index contributed by atoms with van der Waals surface area (Å²) in [5, 5.41) is 23.4. The summed E-state index contributed by atoms with van der Waals surface area (Å²) in [7, 11) is 1.86. The molecule has 27 heavy (non-hydrogen) atoms. The highest BCUT2D eigenvalue weighted by molar-refractivity contribution is 5.63. The largest absolute Gasteiger partial charge is 0.394 e. The molecule has 6 heteroatoms. The lowest BCUT2D eigenvalue weighted by molar-refractivity contribution is 0.0648. The lowest BCUT2D eigenvalue weighted by Gasteiger charge is -2.19. The molecular formula is C21H24FN3O2. The Bertz CT molecular complexity index is 910. The van der Waals surface area contributed by atoms with Gasteiger partial charge in [-0.25, -0.2) is 9.07 Å². The molecule has 0 fully saturated rings. The number of likely N-dealkylation sites (N-methyl/N-ethyl adjacent to an activating group) is 1. The Morgan fingerprint density at radius 3 is 2.67 bits per heavy atom. The van der Waals surface area contributed by atoms with Crippen molar-refractivity contribution in [2.24, 2.45) is 0 Å². The second-order valence-electron chi connectivity index (χ2n) is 6.83. The third-order valence-electron chi connectivity index (χ3n) is 4.33. The van der Waals surface area contributed by atoms with E-state index in [9.17, 15) is 9.50 Å². The predicted octanol–water partition coefficient (Wildman–Crippen LogP) is 2.77. The summed E-state index contributed by atoms with van der Waals surface area (Å²) in [6, 6.07) is 14.4. The molecule has 0 saturated carbocycles. The molecule has 3 rings (SSSR count). The van der Waals surface area contributed by atoms with E-state index in [4.69, 9.17) is 10.2 Å². The van der Waals surface area contributed by atoms with Gasteiger partial charge in [-0.1, -0.05) is 24.3 Å². The van der Waals surface area contributed by atoms with E-state index in [0.29, 0.717) is 24.3 Å². The first kappa shape index (κ1) is 19.2. The zero-order chi connectivity index (χ0) is 19.4. The van der Waals surface area contributed by atoms with E-state index in [1.54, 1.807) is 10.7 Å². The number of hydrogen-bond acceptors (Lipinski definition) is 4. The number of rotatable bonds is 7. The molecule has 1 aromatic heterocycles. The fourth-order valence-corrected chi connectivity index (χ4v) is 3.08. The first-order chi connectivity index (χ1) is 13.0. The highest BCUT2D eigenvalue weighted by atomic mass is 19.1. The minimum atomic E-state index is -0.806. The molecule has 2 aromatic carbocycles. The lowest BCUT2D eigenvalue weighted by Crippen LogP contribution is -2.31. The maximum atomic E-state index is 13.7. The Kier molecular flexibility index (Phi) is 6.01. The molecule has 5 nitrogen and oxygen atoms in total. The standard InChI is InChI=1S/C21H24FN3O2/c1-15-5-3-8-19(9-15)25-12-17(11-24(2)13-20(27)14-26)21(23-25)16-6-4-7-18(22)10-16/h3-10,12,20,26-27H,11,13-14H2,1-2H3. The zero-order valence-corrected chi connectivity index (χ0v) is 15.5. The molecule has 0 saturated heterocycles. The Hall–Kier alpha value is -2.54. The van der Waals surface area contributed by atoms with Gasteiger partial charge in [0.15, 0.2) is 0 Å². The van der Waals surface area contributed by atoms with E-state index >= 15 is 0 Å². The van der Waals surface area contributed by atoms with Crippen molar-refractivity contribution in [3.05, 3.63) is 71.7 Å². The summed E-state index contributed by atoms with van der Waals surface area (Å²) in [5.41, 5.74) is 4.36. The highest BCUT2D eigenvalue weighted by Crippen LogP contribution is 2.25. The molecule has 142 valence electrons. The number of benzene rings is 2. The lowest BCUT2D eigenvalue weighted by atomic mass is 10.1. The van der Waals surface area contributed by atoms with Gasteiger partial charge in [0.05, 0.1) is 24.1 Å². The van der Waals surface area contributed by atoms with Gasteiger partial charge in [0, 0.05) is 30.4 Å². The minimum Gasteiger partial charge on any atom is -0.394 e. The number of hydrogen-bond donors (Lipinski definition) is 2. The zero-order valence-electron chi connectivity index (χ0n) is 15.5. The number of halogens is 1. The highest BCUT2D eigenvalue weighted by Gasteiger charge is 2.16. The minimum absolute atomic E-state index is 0.288. The molecule has 0 aliphatic heterocycles. The van der Waals surface area contributed by atoms with Crippen molar-refractivity contribution in [3.8, 4) is 16.9 Å². The molecule has 0 amide bonds. The summed E-state index contributed by atoms with van der Waals surface area (Å²) in [6.07, 6.45) is 1.12. The van der Waals surface area contributed by atoms with Crippen LogP contribution in [0.5, 0.6) is 0 Å². The van der Waals surface area contributed by atoms with E-state index < -0.39 is 6.10 Å². The van der Waals surface area contributed by atoms with Crippen LogP contribution in [0.3, 0.4) is 0 Å². The molecule has 3 aromatic rings. The maximum Gasteiger partial charge on any atom is 0.123 e. The molecule has 2 N–H and O–H groups in total. The van der Waals surface area contributed by atoms with E-state index in [2.05, 4.69) is 0 Å². The third-order valence-corrected chi connectivity index (χ3v) is 4.33. The van der Waals surface area contributed by atoms with Crippen LogP contribution in [-0.2, 0) is 6.54 Å². The molecule has 1 unspecified atom stereocenters. The van der Waals surface area contributed by atoms with Crippen molar-refractivity contribution < 1.29 is 14.6 Å². The molecule has 1 heterocycles. The van der Waals surface area contributed by atoms with Crippen LogP contribution in [0.1, 0.15) is 11.1 Å². The fourth-order valence-electron chi connectivity index (χ4n) is 3.08. The van der Waals surface area contributed by atoms with Crippen molar-refractivity contribution in [3.63, 3.8) is 0 Å². The molecule has 0 aliphatic rings. The number of aryl methyl sites for hydroxylation is 1. The van der Waals surface area contributed by atoms with Crippen LogP contribution in [0.25, 0.3) is 16.9 Å². The Morgan fingerprint density at radius 2 is 1.96 bits per heavy atom. The molecular weight excluding hydrogens is 345 g/mol. The van der Waals surface area contributed by atoms with Gasteiger partial charge in [0.2, 0.25) is 0 Å². The second-order valence-corrected chi connectivity index (χ2v) is 6.83. The fraction of sp³-hybridized carbons (Fsp3) is 0.286. The van der Waals surface area contributed by atoms with E-state index in [1.807, 2.05) is 55.4 Å². The topological polar surface area (TPSA) is 61.5 Å². The van der Waals surface area contributed by atoms with Crippen LogP contribution in [0.15, 0.2) is 54.7 Å². The van der Waals surface area contributed by atoms with Gasteiger partial charge in [0.1, 0.15) is 5.82 Å². The average Bonchev–Trinajstić information content (AvgIpc) is 3.05. The van der Waals surface area contributed by atoms with Gasteiger partial charge in [-0.05, 0) is 43.8 Å². The Morgan fingerprint density at radius 1 is 1.19 bits per heavy atom. The van der Waals surface area contributed by atoms with Crippen molar-refractivity contribution in [2.75, 3.05) is 20.2 Å². The Balaban J connectivity index is 1.99. The first-order valence-electron chi connectivity index (χ1n) is 8.85. The summed E-state index contributed by atoms with van der Waals surface area (Å²) in [4.78, 5) is 1.90.